The Balaban J connectivity index is 2.28. The summed E-state index contributed by atoms with van der Waals surface area (Å²) in [5.41, 5.74) is 1.14. The van der Waals surface area contributed by atoms with Crippen molar-refractivity contribution in [3.05, 3.63) is 29.8 Å². The fourth-order valence-electron chi connectivity index (χ4n) is 1.76. The topological polar surface area (TPSA) is 70.6 Å². The average Bonchev–Trinajstić information content (AvgIpc) is 2.44. The molecule has 0 spiro atoms. The predicted octanol–water partition coefficient (Wildman–Crippen LogP) is 1.10. The second-order valence-corrected chi connectivity index (χ2v) is 5.40. The van der Waals surface area contributed by atoms with Crippen molar-refractivity contribution in [1.29, 1.82) is 0 Å². The number of hydrogen-bond acceptors (Lipinski definition) is 4. The minimum atomic E-state index is -0.521. The van der Waals surface area contributed by atoms with E-state index in [9.17, 15) is 9.90 Å². The third-order valence-electron chi connectivity index (χ3n) is 2.92. The van der Waals surface area contributed by atoms with Crippen molar-refractivity contribution in [3.8, 4) is 5.75 Å². The van der Waals surface area contributed by atoms with Gasteiger partial charge in [-0.3, -0.25) is 4.79 Å². The van der Waals surface area contributed by atoms with Crippen LogP contribution in [0.5, 0.6) is 5.75 Å². The monoisotopic (exact) mass is 294 g/mol. The van der Waals surface area contributed by atoms with Crippen molar-refractivity contribution in [3.63, 3.8) is 0 Å². The zero-order chi connectivity index (χ0) is 15.7. The highest BCUT2D eigenvalue weighted by atomic mass is 16.5. The molecule has 0 aliphatic rings. The van der Waals surface area contributed by atoms with Crippen LogP contribution in [0.2, 0.25) is 0 Å². The average molecular weight is 294 g/mol. The Morgan fingerprint density at radius 1 is 1.29 bits per heavy atom. The molecule has 0 bridgehead atoms. The lowest BCUT2D eigenvalue weighted by Crippen LogP contribution is -2.35. The first-order valence-electron chi connectivity index (χ1n) is 7.35. The van der Waals surface area contributed by atoms with Gasteiger partial charge in [0.15, 0.2) is 0 Å². The molecule has 1 amide bonds. The molecule has 0 aliphatic heterocycles. The maximum absolute atomic E-state index is 10.8. The minimum absolute atomic E-state index is 0.0149. The first-order valence-corrected chi connectivity index (χ1v) is 7.35. The van der Waals surface area contributed by atoms with Crippen molar-refractivity contribution in [2.75, 3.05) is 19.7 Å². The second kappa shape index (κ2) is 9.37. The van der Waals surface area contributed by atoms with Gasteiger partial charge in [-0.25, -0.2) is 0 Å². The lowest BCUT2D eigenvalue weighted by Gasteiger charge is -2.15. The maximum atomic E-state index is 10.8. The van der Waals surface area contributed by atoms with E-state index in [0.717, 1.165) is 17.7 Å². The van der Waals surface area contributed by atoms with E-state index in [4.69, 9.17) is 4.74 Å². The van der Waals surface area contributed by atoms with E-state index in [1.807, 2.05) is 38.1 Å². The van der Waals surface area contributed by atoms with Crippen LogP contribution in [0.1, 0.15) is 26.3 Å². The van der Waals surface area contributed by atoms with E-state index in [-0.39, 0.29) is 12.5 Å². The lowest BCUT2D eigenvalue weighted by atomic mass is 10.1. The number of amides is 1. The van der Waals surface area contributed by atoms with Gasteiger partial charge in [-0.05, 0) is 24.1 Å². The largest absolute Gasteiger partial charge is 0.491 e. The van der Waals surface area contributed by atoms with Gasteiger partial charge in [0.2, 0.25) is 5.91 Å². The van der Waals surface area contributed by atoms with Crippen LogP contribution in [0, 0.1) is 0 Å². The summed E-state index contributed by atoms with van der Waals surface area (Å²) in [4.78, 5) is 10.8. The number of ether oxygens (including phenoxy) is 1. The third kappa shape index (κ3) is 8.32. The summed E-state index contributed by atoms with van der Waals surface area (Å²) in [6, 6.07) is 8.05. The SMILES string of the molecule is CC(=O)NCCc1ccc(OCC(O)CNC(C)C)cc1. The Labute approximate surface area is 126 Å². The highest BCUT2D eigenvalue weighted by Gasteiger charge is 2.06. The van der Waals surface area contributed by atoms with E-state index in [0.29, 0.717) is 19.1 Å². The summed E-state index contributed by atoms with van der Waals surface area (Å²) in [5, 5.41) is 15.7. The van der Waals surface area contributed by atoms with Crippen LogP contribution < -0.4 is 15.4 Å². The molecular formula is C16H26N2O3. The van der Waals surface area contributed by atoms with Crippen molar-refractivity contribution in [2.24, 2.45) is 0 Å². The third-order valence-corrected chi connectivity index (χ3v) is 2.92. The number of rotatable bonds is 9. The Morgan fingerprint density at radius 3 is 2.52 bits per heavy atom. The van der Waals surface area contributed by atoms with Gasteiger partial charge in [-0.1, -0.05) is 26.0 Å². The molecule has 1 aromatic carbocycles. The Morgan fingerprint density at radius 2 is 1.95 bits per heavy atom. The fraction of sp³-hybridized carbons (Fsp3) is 0.562. The van der Waals surface area contributed by atoms with Crippen LogP contribution in [-0.4, -0.2) is 42.9 Å². The Hall–Kier alpha value is -1.59. The van der Waals surface area contributed by atoms with Crippen molar-refractivity contribution in [1.82, 2.24) is 10.6 Å². The highest BCUT2D eigenvalue weighted by molar-refractivity contribution is 5.72. The first kappa shape index (κ1) is 17.5. The molecule has 21 heavy (non-hydrogen) atoms. The Bertz CT molecular complexity index is 418. The van der Waals surface area contributed by atoms with Crippen LogP contribution in [0.25, 0.3) is 0 Å². The van der Waals surface area contributed by atoms with Gasteiger partial charge in [0.05, 0.1) is 0 Å². The summed E-state index contributed by atoms with van der Waals surface area (Å²) < 4.78 is 5.54. The van der Waals surface area contributed by atoms with E-state index in [1.165, 1.54) is 6.92 Å². The summed E-state index contributed by atoms with van der Waals surface area (Å²) >= 11 is 0. The second-order valence-electron chi connectivity index (χ2n) is 5.40. The standard InChI is InChI=1S/C16H26N2O3/c1-12(2)18-10-15(20)11-21-16-6-4-14(5-7-16)8-9-17-13(3)19/h4-7,12,15,18,20H,8-11H2,1-3H3,(H,17,19). The van der Waals surface area contributed by atoms with Gasteiger partial charge in [0.1, 0.15) is 18.5 Å². The smallest absolute Gasteiger partial charge is 0.216 e. The highest BCUT2D eigenvalue weighted by Crippen LogP contribution is 2.12. The number of aliphatic hydroxyl groups excluding tert-OH is 1. The summed E-state index contributed by atoms with van der Waals surface area (Å²) in [5.74, 6) is 0.723. The van der Waals surface area contributed by atoms with E-state index >= 15 is 0 Å². The van der Waals surface area contributed by atoms with Crippen LogP contribution in [0.4, 0.5) is 0 Å². The van der Waals surface area contributed by atoms with Gasteiger partial charge in [-0.15, -0.1) is 0 Å². The summed E-state index contributed by atoms with van der Waals surface area (Å²) in [6.07, 6.45) is 0.271. The molecule has 0 saturated heterocycles. The van der Waals surface area contributed by atoms with Gasteiger partial charge in [0.25, 0.3) is 0 Å². The molecular weight excluding hydrogens is 268 g/mol. The van der Waals surface area contributed by atoms with Crippen LogP contribution in [0.3, 0.4) is 0 Å². The lowest BCUT2D eigenvalue weighted by molar-refractivity contribution is -0.118. The zero-order valence-corrected chi connectivity index (χ0v) is 13.1. The fourth-order valence-corrected chi connectivity index (χ4v) is 1.76. The number of carbonyl (C=O) groups excluding carboxylic acids is 1. The van der Waals surface area contributed by atoms with Crippen molar-refractivity contribution < 1.29 is 14.6 Å². The maximum Gasteiger partial charge on any atom is 0.216 e. The van der Waals surface area contributed by atoms with Gasteiger partial charge < -0.3 is 20.5 Å². The molecule has 118 valence electrons. The van der Waals surface area contributed by atoms with Gasteiger partial charge in [-0.2, -0.15) is 0 Å². The molecule has 5 nitrogen and oxygen atoms in total. The van der Waals surface area contributed by atoms with Crippen LogP contribution in [-0.2, 0) is 11.2 Å². The predicted molar refractivity (Wildman–Crippen MR) is 83.5 cm³/mol. The summed E-state index contributed by atoms with van der Waals surface area (Å²) in [7, 11) is 0. The molecule has 3 N–H and O–H groups in total. The number of aliphatic hydroxyl groups is 1. The summed E-state index contributed by atoms with van der Waals surface area (Å²) in [6.45, 7) is 7.00. The van der Waals surface area contributed by atoms with E-state index in [2.05, 4.69) is 10.6 Å². The van der Waals surface area contributed by atoms with Crippen molar-refractivity contribution in [2.45, 2.75) is 39.3 Å². The Kier molecular flexibility index (Phi) is 7.79. The molecule has 0 aromatic heterocycles. The van der Waals surface area contributed by atoms with Gasteiger partial charge in [0, 0.05) is 26.1 Å². The van der Waals surface area contributed by atoms with Crippen molar-refractivity contribution >= 4 is 5.91 Å². The quantitative estimate of drug-likeness (QED) is 0.638. The van der Waals surface area contributed by atoms with Crippen LogP contribution in [0.15, 0.2) is 24.3 Å². The van der Waals surface area contributed by atoms with E-state index < -0.39 is 6.10 Å². The first-order chi connectivity index (χ1) is 9.97. The van der Waals surface area contributed by atoms with Gasteiger partial charge >= 0.3 is 0 Å². The molecule has 1 rings (SSSR count). The normalized spacial score (nSPS) is 12.2. The number of nitrogens with one attached hydrogen (secondary N) is 2. The molecule has 0 aliphatic carbocycles. The minimum Gasteiger partial charge on any atom is -0.491 e. The molecule has 1 atom stereocenters. The molecule has 0 radical (unpaired) electrons. The molecule has 0 saturated carbocycles. The number of carbonyl (C=O) groups is 1. The number of hydrogen-bond donors (Lipinski definition) is 3. The zero-order valence-electron chi connectivity index (χ0n) is 13.1. The molecule has 0 heterocycles. The number of benzene rings is 1. The van der Waals surface area contributed by atoms with E-state index in [1.54, 1.807) is 0 Å². The van der Waals surface area contributed by atoms with Crippen LogP contribution >= 0.6 is 0 Å². The molecule has 0 fully saturated rings. The molecule has 5 heteroatoms. The molecule has 1 unspecified atom stereocenters. The molecule has 1 aromatic rings.